The van der Waals surface area contributed by atoms with Crippen molar-refractivity contribution in [2.24, 2.45) is 0 Å². The minimum Gasteiger partial charge on any atom is -0.493 e. The Morgan fingerprint density at radius 3 is 2.84 bits per heavy atom. The number of aromatic amines is 1. The van der Waals surface area contributed by atoms with Gasteiger partial charge in [0.2, 0.25) is 0 Å². The molecular formula is C18H14N2O5. The second-order valence-electron chi connectivity index (χ2n) is 5.76. The third kappa shape index (κ3) is 1.89. The summed E-state index contributed by atoms with van der Waals surface area (Å²) < 4.78 is 16.8. The molecule has 1 aromatic rings. The molecule has 0 spiro atoms. The van der Waals surface area contributed by atoms with Gasteiger partial charge in [0, 0.05) is 28.6 Å². The van der Waals surface area contributed by atoms with Gasteiger partial charge in [0.25, 0.3) is 0 Å². The summed E-state index contributed by atoms with van der Waals surface area (Å²) in [6, 6.07) is 3.96. The average molecular weight is 338 g/mol. The minimum atomic E-state index is 0.415. The second-order valence-corrected chi connectivity index (χ2v) is 5.76. The van der Waals surface area contributed by atoms with Crippen LogP contribution in [0.4, 0.5) is 0 Å². The van der Waals surface area contributed by atoms with Gasteiger partial charge in [-0.05, 0) is 6.07 Å². The molecule has 0 fully saturated rings. The smallest absolute Gasteiger partial charge is 0.170 e. The Morgan fingerprint density at radius 1 is 1.12 bits per heavy atom. The van der Waals surface area contributed by atoms with Gasteiger partial charge in [-0.15, -0.1) is 0 Å². The van der Waals surface area contributed by atoms with E-state index in [0.717, 1.165) is 38.6 Å². The van der Waals surface area contributed by atoms with Crippen LogP contribution in [0, 0.1) is 0 Å². The Balaban J connectivity index is 1.79. The van der Waals surface area contributed by atoms with Gasteiger partial charge < -0.3 is 19.2 Å². The summed E-state index contributed by atoms with van der Waals surface area (Å²) in [6.45, 7) is 0.415. The monoisotopic (exact) mass is 338 g/mol. The number of rotatable bonds is 2. The van der Waals surface area contributed by atoms with E-state index in [1.54, 1.807) is 20.4 Å². The first-order chi connectivity index (χ1) is 12.3. The number of hydrogen-bond acceptors (Lipinski definition) is 6. The van der Waals surface area contributed by atoms with Crippen LogP contribution in [-0.4, -0.2) is 24.2 Å². The number of methoxy groups -OCH3 is 2. The lowest BCUT2D eigenvalue weighted by atomic mass is 10.0. The van der Waals surface area contributed by atoms with Crippen LogP contribution in [0.25, 0.3) is 35.2 Å². The lowest BCUT2D eigenvalue weighted by Gasteiger charge is -2.22. The highest BCUT2D eigenvalue weighted by Gasteiger charge is 2.26. The number of nitrogens with one attached hydrogen (secondary N) is 1. The highest BCUT2D eigenvalue weighted by molar-refractivity contribution is 5.82. The first kappa shape index (κ1) is 14.0. The van der Waals surface area contributed by atoms with Crippen LogP contribution in [0.1, 0.15) is 5.56 Å². The van der Waals surface area contributed by atoms with Crippen LogP contribution >= 0.6 is 0 Å². The summed E-state index contributed by atoms with van der Waals surface area (Å²) in [5.41, 5.74) is 4.49. The van der Waals surface area contributed by atoms with Gasteiger partial charge in [0.1, 0.15) is 12.3 Å². The lowest BCUT2D eigenvalue weighted by Crippen LogP contribution is -2.32. The van der Waals surface area contributed by atoms with E-state index in [9.17, 15) is 0 Å². The van der Waals surface area contributed by atoms with Crippen LogP contribution in [0.3, 0.4) is 0 Å². The van der Waals surface area contributed by atoms with Crippen molar-refractivity contribution >= 4 is 12.5 Å². The summed E-state index contributed by atoms with van der Waals surface area (Å²) in [6.07, 6.45) is 4.76. The predicted molar refractivity (Wildman–Crippen MR) is 88.4 cm³/mol. The average Bonchev–Trinajstić information content (AvgIpc) is 3.02. The van der Waals surface area contributed by atoms with Gasteiger partial charge >= 0.3 is 0 Å². The summed E-state index contributed by atoms with van der Waals surface area (Å²) in [7, 11) is 3.25. The van der Waals surface area contributed by atoms with E-state index in [4.69, 9.17) is 24.0 Å². The molecule has 0 bridgehead atoms. The summed E-state index contributed by atoms with van der Waals surface area (Å²) in [5.74, 6) is 2.06. The summed E-state index contributed by atoms with van der Waals surface area (Å²) in [5, 5.41) is 1.62. The van der Waals surface area contributed by atoms with E-state index in [2.05, 4.69) is 9.97 Å². The highest BCUT2D eigenvalue weighted by Crippen LogP contribution is 2.45. The van der Waals surface area contributed by atoms with Crippen molar-refractivity contribution in [3.63, 3.8) is 0 Å². The molecule has 0 amide bonds. The van der Waals surface area contributed by atoms with E-state index in [-0.39, 0.29) is 0 Å². The Morgan fingerprint density at radius 2 is 2.00 bits per heavy atom. The number of H-pyrrole nitrogens is 1. The number of fused-ring (bicyclic) bond motifs is 6. The van der Waals surface area contributed by atoms with Crippen LogP contribution in [0.15, 0.2) is 18.3 Å². The van der Waals surface area contributed by atoms with Crippen molar-refractivity contribution in [1.29, 1.82) is 0 Å². The molecule has 0 radical (unpaired) electrons. The number of pyridine rings is 2. The molecule has 0 saturated heterocycles. The molecule has 1 N–H and O–H groups in total. The molecule has 7 heteroatoms. The number of hydrogen-bond donors (Lipinski definition) is 1. The maximum atomic E-state index is 5.96. The number of ether oxygens (including phenoxy) is 3. The van der Waals surface area contributed by atoms with Gasteiger partial charge in [-0.1, -0.05) is 0 Å². The SMILES string of the molecule is COc1cc2[nH]c3c(cc-2c1OC)COc1c-3ncc2c1=COOC=2. The molecule has 5 rings (SSSR count). The zero-order valence-corrected chi connectivity index (χ0v) is 13.6. The van der Waals surface area contributed by atoms with Crippen molar-refractivity contribution in [2.45, 2.75) is 6.61 Å². The molecule has 0 atom stereocenters. The van der Waals surface area contributed by atoms with Crippen molar-refractivity contribution in [2.75, 3.05) is 14.2 Å². The molecule has 3 aliphatic heterocycles. The Hall–Kier alpha value is -3.35. The van der Waals surface area contributed by atoms with Gasteiger partial charge in [-0.25, -0.2) is 4.98 Å². The van der Waals surface area contributed by atoms with Crippen LogP contribution in [0.2, 0.25) is 0 Å². The predicted octanol–water partition coefficient (Wildman–Crippen LogP) is 1.53. The van der Waals surface area contributed by atoms with Crippen molar-refractivity contribution in [1.82, 2.24) is 9.97 Å². The normalized spacial score (nSPS) is 13.8. The maximum Gasteiger partial charge on any atom is 0.170 e. The summed E-state index contributed by atoms with van der Waals surface area (Å²) in [4.78, 5) is 17.8. The second kappa shape index (κ2) is 5.07. The first-order valence-corrected chi connectivity index (χ1v) is 7.71. The third-order valence-electron chi connectivity index (χ3n) is 4.47. The van der Waals surface area contributed by atoms with Gasteiger partial charge in [-0.3, -0.25) is 9.78 Å². The molecule has 4 heterocycles. The van der Waals surface area contributed by atoms with Crippen LogP contribution < -0.4 is 24.6 Å². The quantitative estimate of drug-likeness (QED) is 0.714. The minimum absolute atomic E-state index is 0.415. The van der Waals surface area contributed by atoms with Gasteiger partial charge in [0.05, 0.1) is 30.8 Å². The van der Waals surface area contributed by atoms with Crippen molar-refractivity contribution < 1.29 is 24.0 Å². The van der Waals surface area contributed by atoms with Crippen LogP contribution in [-0.2, 0) is 16.4 Å². The largest absolute Gasteiger partial charge is 0.493 e. The lowest BCUT2D eigenvalue weighted by molar-refractivity contribution is -0.151. The molecular weight excluding hydrogens is 324 g/mol. The van der Waals surface area contributed by atoms with E-state index >= 15 is 0 Å². The Bertz CT molecular complexity index is 1090. The fraction of sp³-hybridized carbons (Fsp3) is 0.167. The highest BCUT2D eigenvalue weighted by atomic mass is 17.2. The summed E-state index contributed by atoms with van der Waals surface area (Å²) >= 11 is 0. The third-order valence-corrected chi connectivity index (χ3v) is 4.47. The zero-order valence-electron chi connectivity index (χ0n) is 13.6. The van der Waals surface area contributed by atoms with E-state index in [1.807, 2.05) is 12.1 Å². The molecule has 25 heavy (non-hydrogen) atoms. The topological polar surface area (TPSA) is 74.8 Å². The molecule has 0 saturated carbocycles. The van der Waals surface area contributed by atoms with Crippen molar-refractivity contribution in [3.8, 4) is 39.9 Å². The van der Waals surface area contributed by atoms with E-state index < -0.39 is 0 Å². The zero-order chi connectivity index (χ0) is 17.0. The van der Waals surface area contributed by atoms with Gasteiger partial charge in [0.15, 0.2) is 29.8 Å². The van der Waals surface area contributed by atoms with E-state index in [0.29, 0.717) is 23.9 Å². The fourth-order valence-corrected chi connectivity index (χ4v) is 3.29. The van der Waals surface area contributed by atoms with Crippen LogP contribution in [0.5, 0.6) is 17.2 Å². The van der Waals surface area contributed by atoms with Gasteiger partial charge in [-0.2, -0.15) is 0 Å². The fourth-order valence-electron chi connectivity index (χ4n) is 3.29. The molecule has 4 aliphatic rings. The molecule has 0 unspecified atom stereocenters. The van der Waals surface area contributed by atoms with E-state index in [1.165, 1.54) is 12.5 Å². The Labute approximate surface area is 142 Å². The number of aromatic nitrogens is 2. The van der Waals surface area contributed by atoms with Crippen molar-refractivity contribution in [3.05, 3.63) is 34.3 Å². The molecule has 0 aromatic carbocycles. The standard InChI is InChI=1S/C18H14N2O5/c1-21-14-4-13-11(17(14)22-2)3-9-6-23-18-12-8-25-24-7-10(12)5-19-16(18)15(9)20-13/h3-5,7-8,20H,6H2,1-2H3. The molecule has 126 valence electrons. The molecule has 1 aliphatic carbocycles. The number of nitrogens with zero attached hydrogens (tertiary/aromatic N) is 1. The molecule has 1 aromatic heterocycles. The first-order valence-electron chi connectivity index (χ1n) is 7.71. The maximum absolute atomic E-state index is 5.96. The Kier molecular flexibility index (Phi) is 2.85. The molecule has 7 nitrogen and oxygen atoms in total.